The normalized spacial score (nSPS) is 11.1. The van der Waals surface area contributed by atoms with Gasteiger partial charge in [0.05, 0.1) is 27.9 Å². The van der Waals surface area contributed by atoms with Crippen LogP contribution in [-0.2, 0) is 10.0 Å². The zero-order chi connectivity index (χ0) is 22.6. The topological polar surface area (TPSA) is 75.7 Å². The van der Waals surface area contributed by atoms with E-state index in [1.807, 2.05) is 26.0 Å². The van der Waals surface area contributed by atoms with Crippen molar-refractivity contribution in [3.8, 4) is 5.75 Å². The zero-order valence-electron chi connectivity index (χ0n) is 17.4. The van der Waals surface area contributed by atoms with Crippen LogP contribution in [0.5, 0.6) is 5.75 Å². The highest BCUT2D eigenvalue weighted by atomic mass is 35.5. The molecule has 1 N–H and O–H groups in total. The van der Waals surface area contributed by atoms with Crippen LogP contribution in [0.1, 0.15) is 22.8 Å². The molecule has 0 bridgehead atoms. The summed E-state index contributed by atoms with van der Waals surface area (Å²) in [6, 6.07) is 18.1. The lowest BCUT2D eigenvalue weighted by molar-refractivity contribution is 0.102. The second-order valence-electron chi connectivity index (χ2n) is 6.84. The lowest BCUT2D eigenvalue weighted by atomic mass is 10.2. The van der Waals surface area contributed by atoms with Gasteiger partial charge in [-0.3, -0.25) is 9.10 Å². The van der Waals surface area contributed by atoms with E-state index in [0.29, 0.717) is 28.8 Å². The molecule has 3 aromatic rings. The summed E-state index contributed by atoms with van der Waals surface area (Å²) in [6.07, 6.45) is 0. The number of rotatable bonds is 7. The fourth-order valence-electron chi connectivity index (χ4n) is 2.94. The van der Waals surface area contributed by atoms with Gasteiger partial charge >= 0.3 is 0 Å². The summed E-state index contributed by atoms with van der Waals surface area (Å²) in [5.41, 5.74) is 2.16. The van der Waals surface area contributed by atoms with Crippen molar-refractivity contribution < 1.29 is 17.9 Å². The van der Waals surface area contributed by atoms with E-state index in [9.17, 15) is 13.2 Å². The number of sulfonamides is 1. The van der Waals surface area contributed by atoms with Gasteiger partial charge in [0.2, 0.25) is 0 Å². The molecule has 162 valence electrons. The van der Waals surface area contributed by atoms with Crippen LogP contribution in [0, 0.1) is 6.92 Å². The third kappa shape index (κ3) is 5.00. The Bertz CT molecular complexity index is 1190. The van der Waals surface area contributed by atoms with Crippen LogP contribution in [0.2, 0.25) is 5.02 Å². The summed E-state index contributed by atoms with van der Waals surface area (Å²) in [6.45, 7) is 4.12. The molecule has 0 saturated heterocycles. The number of hydrogen-bond acceptors (Lipinski definition) is 4. The third-order valence-corrected chi connectivity index (χ3v) is 6.74. The van der Waals surface area contributed by atoms with Crippen molar-refractivity contribution in [1.82, 2.24) is 0 Å². The van der Waals surface area contributed by atoms with E-state index in [0.717, 1.165) is 5.56 Å². The molecule has 31 heavy (non-hydrogen) atoms. The molecule has 0 saturated carbocycles. The summed E-state index contributed by atoms with van der Waals surface area (Å²) >= 11 is 6.16. The number of para-hydroxylation sites is 1. The van der Waals surface area contributed by atoms with E-state index in [4.69, 9.17) is 16.3 Å². The number of halogens is 1. The first-order valence-electron chi connectivity index (χ1n) is 9.62. The molecule has 0 radical (unpaired) electrons. The molecule has 3 aromatic carbocycles. The van der Waals surface area contributed by atoms with Gasteiger partial charge in [-0.2, -0.15) is 0 Å². The highest BCUT2D eigenvalue weighted by Crippen LogP contribution is 2.33. The molecule has 1 amide bonds. The SMILES string of the molecule is CCOc1c(Cl)cccc1NC(=O)c1cccc(S(=O)(=O)N(C)c2ccc(C)cc2)c1. The Hall–Kier alpha value is -3.03. The van der Waals surface area contributed by atoms with Gasteiger partial charge in [0, 0.05) is 12.6 Å². The number of hydrogen-bond donors (Lipinski definition) is 1. The number of aryl methyl sites for hydroxylation is 1. The van der Waals surface area contributed by atoms with Gasteiger partial charge < -0.3 is 10.1 Å². The van der Waals surface area contributed by atoms with Crippen LogP contribution in [0.25, 0.3) is 0 Å². The maximum absolute atomic E-state index is 13.1. The molecule has 0 aliphatic rings. The Morgan fingerprint density at radius 2 is 1.74 bits per heavy atom. The van der Waals surface area contributed by atoms with E-state index in [1.54, 1.807) is 36.4 Å². The second-order valence-corrected chi connectivity index (χ2v) is 9.22. The van der Waals surface area contributed by atoms with Crippen molar-refractivity contribution >= 4 is 38.9 Å². The highest BCUT2D eigenvalue weighted by molar-refractivity contribution is 7.92. The van der Waals surface area contributed by atoms with Gasteiger partial charge in [-0.25, -0.2) is 8.42 Å². The monoisotopic (exact) mass is 458 g/mol. The summed E-state index contributed by atoms with van der Waals surface area (Å²) < 4.78 is 32.9. The molecule has 6 nitrogen and oxygen atoms in total. The van der Waals surface area contributed by atoms with Crippen molar-refractivity contribution in [3.63, 3.8) is 0 Å². The molecule has 0 spiro atoms. The second kappa shape index (κ2) is 9.41. The number of nitrogens with one attached hydrogen (secondary N) is 1. The van der Waals surface area contributed by atoms with Crippen LogP contribution < -0.4 is 14.4 Å². The number of carbonyl (C=O) groups excluding carboxylic acids is 1. The van der Waals surface area contributed by atoms with E-state index < -0.39 is 15.9 Å². The van der Waals surface area contributed by atoms with Crippen LogP contribution >= 0.6 is 11.6 Å². The lowest BCUT2D eigenvalue weighted by Crippen LogP contribution is -2.26. The quantitative estimate of drug-likeness (QED) is 0.532. The van der Waals surface area contributed by atoms with E-state index >= 15 is 0 Å². The minimum absolute atomic E-state index is 0.0133. The van der Waals surface area contributed by atoms with E-state index in [1.165, 1.54) is 29.6 Å². The first kappa shape index (κ1) is 22.7. The van der Waals surface area contributed by atoms with Gasteiger partial charge in [-0.15, -0.1) is 0 Å². The number of ether oxygens (including phenoxy) is 1. The standard InChI is InChI=1S/C23H23ClN2O4S/c1-4-30-22-20(24)9-6-10-21(22)25-23(27)17-7-5-8-19(15-17)31(28,29)26(3)18-13-11-16(2)12-14-18/h5-15H,4H2,1-3H3,(H,25,27). The van der Waals surface area contributed by atoms with Crippen LogP contribution in [-0.4, -0.2) is 28.0 Å². The minimum Gasteiger partial charge on any atom is -0.490 e. The summed E-state index contributed by atoms with van der Waals surface area (Å²) in [7, 11) is -2.37. The number of benzene rings is 3. The number of anilines is 2. The van der Waals surface area contributed by atoms with Crippen molar-refractivity contribution in [2.24, 2.45) is 0 Å². The number of carbonyl (C=O) groups is 1. The van der Waals surface area contributed by atoms with Gasteiger partial charge in [-0.1, -0.05) is 41.4 Å². The highest BCUT2D eigenvalue weighted by Gasteiger charge is 2.23. The van der Waals surface area contributed by atoms with Gasteiger partial charge in [-0.05, 0) is 56.3 Å². The predicted molar refractivity (Wildman–Crippen MR) is 124 cm³/mol. The summed E-state index contributed by atoms with van der Waals surface area (Å²) in [4.78, 5) is 12.8. The molecule has 0 aliphatic heterocycles. The Morgan fingerprint density at radius 1 is 1.06 bits per heavy atom. The fraction of sp³-hybridized carbons (Fsp3) is 0.174. The molecule has 0 heterocycles. The van der Waals surface area contributed by atoms with Crippen molar-refractivity contribution in [3.05, 3.63) is 82.9 Å². The molecule has 0 aliphatic carbocycles. The average Bonchev–Trinajstić information content (AvgIpc) is 2.76. The third-order valence-electron chi connectivity index (χ3n) is 4.66. The summed E-state index contributed by atoms with van der Waals surface area (Å²) in [5, 5.41) is 3.11. The van der Waals surface area contributed by atoms with Crippen molar-refractivity contribution in [1.29, 1.82) is 0 Å². The first-order valence-corrected chi connectivity index (χ1v) is 11.4. The molecule has 3 rings (SSSR count). The first-order chi connectivity index (χ1) is 14.7. The molecule has 0 fully saturated rings. The lowest BCUT2D eigenvalue weighted by Gasteiger charge is -2.20. The van der Waals surface area contributed by atoms with Crippen LogP contribution in [0.4, 0.5) is 11.4 Å². The molecular formula is C23H23ClN2O4S. The van der Waals surface area contributed by atoms with E-state index in [2.05, 4.69) is 5.32 Å². The van der Waals surface area contributed by atoms with Crippen molar-refractivity contribution in [2.45, 2.75) is 18.7 Å². The number of amides is 1. The molecular weight excluding hydrogens is 436 g/mol. The average molecular weight is 459 g/mol. The maximum atomic E-state index is 13.1. The minimum atomic E-state index is -3.85. The number of nitrogens with zero attached hydrogens (tertiary/aromatic N) is 1. The molecule has 0 aromatic heterocycles. The Kier molecular flexibility index (Phi) is 6.87. The van der Waals surface area contributed by atoms with Gasteiger partial charge in [0.15, 0.2) is 5.75 Å². The zero-order valence-corrected chi connectivity index (χ0v) is 19.0. The van der Waals surface area contributed by atoms with Gasteiger partial charge in [0.25, 0.3) is 15.9 Å². The fourth-order valence-corrected chi connectivity index (χ4v) is 4.41. The smallest absolute Gasteiger partial charge is 0.264 e. The van der Waals surface area contributed by atoms with Gasteiger partial charge in [0.1, 0.15) is 0 Å². The molecule has 0 unspecified atom stereocenters. The Morgan fingerprint density at radius 3 is 2.42 bits per heavy atom. The van der Waals surface area contributed by atoms with Crippen LogP contribution in [0.15, 0.2) is 71.6 Å². The Labute approximate surface area is 187 Å². The molecule has 8 heteroatoms. The Balaban J connectivity index is 1.88. The molecule has 0 atom stereocenters. The summed E-state index contributed by atoms with van der Waals surface area (Å²) in [5.74, 6) is -0.110. The van der Waals surface area contributed by atoms with Crippen molar-refractivity contribution in [2.75, 3.05) is 23.3 Å². The van der Waals surface area contributed by atoms with Crippen LogP contribution in [0.3, 0.4) is 0 Å². The maximum Gasteiger partial charge on any atom is 0.264 e. The van der Waals surface area contributed by atoms with E-state index in [-0.39, 0.29) is 10.5 Å². The largest absolute Gasteiger partial charge is 0.490 e. The predicted octanol–water partition coefficient (Wildman–Crippen LogP) is 5.12.